The van der Waals surface area contributed by atoms with Gasteiger partial charge < -0.3 is 0 Å². The van der Waals surface area contributed by atoms with Gasteiger partial charge in [0, 0.05) is 18.7 Å². The Kier molecular flexibility index (Phi) is 5.07. The number of nitrogens with zero attached hydrogens (tertiary/aromatic N) is 3. The Balaban J connectivity index is 2.64. The molecule has 0 saturated carbocycles. The van der Waals surface area contributed by atoms with Gasteiger partial charge in [0.15, 0.2) is 0 Å². The van der Waals surface area contributed by atoms with Crippen LogP contribution in [0.1, 0.15) is 25.8 Å². The first-order valence-electron chi connectivity index (χ1n) is 5.53. The molecule has 84 valence electrons. The Morgan fingerprint density at radius 3 is 2.44 bits per heavy atom. The lowest BCUT2D eigenvalue weighted by Crippen LogP contribution is -2.16. The Morgan fingerprint density at radius 1 is 1.25 bits per heavy atom. The van der Waals surface area contributed by atoms with E-state index in [0.717, 1.165) is 30.8 Å². The van der Waals surface area contributed by atoms with E-state index in [1.165, 1.54) is 0 Å². The third kappa shape index (κ3) is 3.74. The van der Waals surface area contributed by atoms with Crippen molar-refractivity contribution in [1.82, 2.24) is 5.01 Å². The van der Waals surface area contributed by atoms with E-state index in [0.29, 0.717) is 0 Å². The molecule has 0 fully saturated rings. The molecule has 0 bridgehead atoms. The van der Waals surface area contributed by atoms with Gasteiger partial charge in [-0.15, -0.1) is 11.5 Å². The molecule has 3 heteroatoms. The van der Waals surface area contributed by atoms with Gasteiger partial charge in [0.25, 0.3) is 0 Å². The third-order valence-electron chi connectivity index (χ3n) is 2.17. The van der Waals surface area contributed by atoms with Crippen molar-refractivity contribution < 1.29 is 0 Å². The molecule has 0 spiro atoms. The van der Waals surface area contributed by atoms with Crippen LogP contribution in [-0.2, 0) is 0 Å². The van der Waals surface area contributed by atoms with Gasteiger partial charge in [-0.25, -0.2) is 0 Å². The first-order valence-corrected chi connectivity index (χ1v) is 5.53. The van der Waals surface area contributed by atoms with Gasteiger partial charge in [0.1, 0.15) is 0 Å². The molecule has 0 aliphatic rings. The van der Waals surface area contributed by atoms with E-state index in [-0.39, 0.29) is 0 Å². The van der Waals surface area contributed by atoms with Gasteiger partial charge >= 0.3 is 0 Å². The van der Waals surface area contributed by atoms with Crippen molar-refractivity contribution in [2.24, 2.45) is 10.3 Å². The van der Waals surface area contributed by atoms with E-state index in [1.54, 1.807) is 0 Å². The van der Waals surface area contributed by atoms with E-state index >= 15 is 0 Å². The smallest absolute Gasteiger partial charge is 0.0875 e. The highest BCUT2D eigenvalue weighted by atomic mass is 15.5. The minimum atomic E-state index is 0.827. The lowest BCUT2D eigenvalue weighted by molar-refractivity contribution is 0.285. The fourth-order valence-electron chi connectivity index (χ4n) is 1.26. The Bertz CT molecular complexity index is 373. The molecule has 0 saturated heterocycles. The highest BCUT2D eigenvalue weighted by molar-refractivity contribution is 5.43. The van der Waals surface area contributed by atoms with Crippen LogP contribution in [0.4, 0.5) is 5.69 Å². The first-order chi connectivity index (χ1) is 7.80. The summed E-state index contributed by atoms with van der Waals surface area (Å²) in [5.74, 6) is 2.57. The number of rotatable bonds is 5. The van der Waals surface area contributed by atoms with Crippen LogP contribution in [0.3, 0.4) is 0 Å². The lowest BCUT2D eigenvalue weighted by Gasteiger charge is -2.13. The summed E-state index contributed by atoms with van der Waals surface area (Å²) < 4.78 is 0. The third-order valence-corrected chi connectivity index (χ3v) is 2.17. The lowest BCUT2D eigenvalue weighted by atomic mass is 10.2. The maximum absolute atomic E-state index is 5.27. The van der Waals surface area contributed by atoms with Crippen LogP contribution in [-0.4, -0.2) is 18.1 Å². The van der Waals surface area contributed by atoms with E-state index in [9.17, 15) is 0 Å². The highest BCUT2D eigenvalue weighted by Crippen LogP contribution is 2.13. The van der Waals surface area contributed by atoms with Gasteiger partial charge in [-0.1, -0.05) is 18.1 Å². The SMILES string of the molecule is C#Cc1ccc(N=NN(CC)CCC)cc1. The molecule has 0 N–H and O–H groups in total. The second kappa shape index (κ2) is 6.62. The Hall–Kier alpha value is -1.82. The summed E-state index contributed by atoms with van der Waals surface area (Å²) in [4.78, 5) is 0. The molecule has 0 heterocycles. The average molecular weight is 215 g/mol. The molecule has 1 aromatic carbocycles. The maximum atomic E-state index is 5.27. The number of benzene rings is 1. The monoisotopic (exact) mass is 215 g/mol. The molecule has 0 radical (unpaired) electrons. The fraction of sp³-hybridized carbons (Fsp3) is 0.385. The van der Waals surface area contributed by atoms with Gasteiger partial charge in [-0.05, 0) is 37.6 Å². The fourth-order valence-corrected chi connectivity index (χ4v) is 1.26. The van der Waals surface area contributed by atoms with Gasteiger partial charge in [-0.2, -0.15) is 0 Å². The zero-order chi connectivity index (χ0) is 11.8. The molecule has 16 heavy (non-hydrogen) atoms. The molecule has 0 aromatic heterocycles. The molecular weight excluding hydrogens is 198 g/mol. The van der Waals surface area contributed by atoms with E-state index in [4.69, 9.17) is 6.42 Å². The molecular formula is C13H17N3. The number of hydrogen-bond donors (Lipinski definition) is 0. The molecule has 0 aliphatic carbocycles. The van der Waals surface area contributed by atoms with Crippen LogP contribution in [0, 0.1) is 12.3 Å². The van der Waals surface area contributed by atoms with Gasteiger partial charge in [-0.3, -0.25) is 5.01 Å². The van der Waals surface area contributed by atoms with E-state index in [2.05, 4.69) is 30.1 Å². The minimum Gasteiger partial charge on any atom is -0.279 e. The predicted octanol–water partition coefficient (Wildman–Crippen LogP) is 3.40. The van der Waals surface area contributed by atoms with Crippen molar-refractivity contribution in [3.05, 3.63) is 29.8 Å². The molecule has 0 aliphatic heterocycles. The summed E-state index contributed by atoms with van der Waals surface area (Å²) in [6, 6.07) is 7.48. The van der Waals surface area contributed by atoms with Gasteiger partial charge in [0.2, 0.25) is 0 Å². The van der Waals surface area contributed by atoms with Crippen LogP contribution >= 0.6 is 0 Å². The molecule has 1 rings (SSSR count). The first kappa shape index (κ1) is 12.3. The predicted molar refractivity (Wildman–Crippen MR) is 66.4 cm³/mol. The van der Waals surface area contributed by atoms with Crippen LogP contribution in [0.2, 0.25) is 0 Å². The molecule has 0 amide bonds. The summed E-state index contributed by atoms with van der Waals surface area (Å²) in [7, 11) is 0. The molecule has 1 aromatic rings. The van der Waals surface area contributed by atoms with Crippen molar-refractivity contribution in [3.8, 4) is 12.3 Å². The second-order valence-corrected chi connectivity index (χ2v) is 3.43. The number of terminal acetylenes is 1. The summed E-state index contributed by atoms with van der Waals surface area (Å²) in [5, 5.41) is 10.3. The van der Waals surface area contributed by atoms with Crippen LogP contribution in [0.25, 0.3) is 0 Å². The quantitative estimate of drug-likeness (QED) is 0.420. The van der Waals surface area contributed by atoms with Gasteiger partial charge in [0.05, 0.1) is 5.69 Å². The molecule has 3 nitrogen and oxygen atoms in total. The van der Waals surface area contributed by atoms with Crippen molar-refractivity contribution in [3.63, 3.8) is 0 Å². The normalized spacial score (nSPS) is 10.3. The zero-order valence-electron chi connectivity index (χ0n) is 9.85. The van der Waals surface area contributed by atoms with E-state index in [1.807, 2.05) is 29.3 Å². The summed E-state index contributed by atoms with van der Waals surface area (Å²) in [5.41, 5.74) is 1.69. The largest absolute Gasteiger partial charge is 0.279 e. The minimum absolute atomic E-state index is 0.827. The Morgan fingerprint density at radius 2 is 1.94 bits per heavy atom. The van der Waals surface area contributed by atoms with Crippen molar-refractivity contribution in [2.45, 2.75) is 20.3 Å². The zero-order valence-corrected chi connectivity index (χ0v) is 9.85. The van der Waals surface area contributed by atoms with Crippen molar-refractivity contribution >= 4 is 5.69 Å². The summed E-state index contributed by atoms with van der Waals surface area (Å²) >= 11 is 0. The standard InChI is InChI=1S/C13H17N3/c1-4-11-16(6-3)15-14-13-9-7-12(5-2)8-10-13/h2,7-10H,4,6,11H2,1,3H3. The Labute approximate surface area is 97.2 Å². The topological polar surface area (TPSA) is 28.0 Å². The molecule has 0 unspecified atom stereocenters. The summed E-state index contributed by atoms with van der Waals surface area (Å²) in [6.45, 7) is 6.00. The molecule has 0 atom stereocenters. The van der Waals surface area contributed by atoms with Crippen LogP contribution < -0.4 is 0 Å². The van der Waals surface area contributed by atoms with Crippen LogP contribution in [0.15, 0.2) is 34.6 Å². The van der Waals surface area contributed by atoms with Crippen molar-refractivity contribution in [1.29, 1.82) is 0 Å². The van der Waals surface area contributed by atoms with Crippen molar-refractivity contribution in [2.75, 3.05) is 13.1 Å². The maximum Gasteiger partial charge on any atom is 0.0875 e. The highest BCUT2D eigenvalue weighted by Gasteiger charge is 1.95. The second-order valence-electron chi connectivity index (χ2n) is 3.43. The average Bonchev–Trinajstić information content (AvgIpc) is 2.35. The van der Waals surface area contributed by atoms with Crippen LogP contribution in [0.5, 0.6) is 0 Å². The number of hydrogen-bond acceptors (Lipinski definition) is 2. The van der Waals surface area contributed by atoms with E-state index < -0.39 is 0 Å². The summed E-state index contributed by atoms with van der Waals surface area (Å²) in [6.07, 6.45) is 6.34.